The summed E-state index contributed by atoms with van der Waals surface area (Å²) in [6.07, 6.45) is 1.91. The summed E-state index contributed by atoms with van der Waals surface area (Å²) in [5.74, 6) is -0.131. The second-order valence-electron chi connectivity index (χ2n) is 6.01. The van der Waals surface area contributed by atoms with Crippen molar-refractivity contribution in [3.05, 3.63) is 76.2 Å². The molecule has 0 saturated carbocycles. The summed E-state index contributed by atoms with van der Waals surface area (Å²) in [5.41, 5.74) is 1.17. The third kappa shape index (κ3) is 2.38. The predicted molar refractivity (Wildman–Crippen MR) is 91.8 cm³/mol. The molecule has 1 amide bonds. The molecule has 2 aromatic carbocycles. The Balaban J connectivity index is 1.76. The number of hydrogen-bond acceptors (Lipinski definition) is 3. The van der Waals surface area contributed by atoms with Crippen molar-refractivity contribution in [2.45, 2.75) is 18.9 Å². The summed E-state index contributed by atoms with van der Waals surface area (Å²) in [7, 11) is 0. The lowest BCUT2D eigenvalue weighted by Crippen LogP contribution is -2.32. The summed E-state index contributed by atoms with van der Waals surface area (Å²) in [5, 5.41) is 7.59. The first-order valence-electron chi connectivity index (χ1n) is 8.09. The van der Waals surface area contributed by atoms with Crippen LogP contribution >= 0.6 is 0 Å². The minimum absolute atomic E-state index is 0.0613. The highest BCUT2D eigenvalue weighted by Gasteiger charge is 2.32. The molecular weight excluding hydrogens is 302 g/mol. The zero-order valence-electron chi connectivity index (χ0n) is 13.1. The van der Waals surface area contributed by atoms with Crippen molar-refractivity contribution in [2.24, 2.45) is 0 Å². The molecular formula is C19H17N3O2. The molecule has 0 bridgehead atoms. The van der Waals surface area contributed by atoms with Gasteiger partial charge < -0.3 is 4.90 Å². The SMILES string of the molecule is O=C(c1n[nH]c(=O)c2ccccc12)N1CCCC1c1ccccc1. The minimum atomic E-state index is -0.275. The molecule has 1 aromatic heterocycles. The van der Waals surface area contributed by atoms with Crippen molar-refractivity contribution in [1.29, 1.82) is 0 Å². The number of likely N-dealkylation sites (tertiary alicyclic amines) is 1. The van der Waals surface area contributed by atoms with Gasteiger partial charge in [-0.2, -0.15) is 5.10 Å². The highest BCUT2D eigenvalue weighted by atomic mass is 16.2. The van der Waals surface area contributed by atoms with Crippen LogP contribution in [0.2, 0.25) is 0 Å². The van der Waals surface area contributed by atoms with Gasteiger partial charge in [-0.15, -0.1) is 0 Å². The summed E-state index contributed by atoms with van der Waals surface area (Å²) in [4.78, 5) is 26.9. The molecule has 24 heavy (non-hydrogen) atoms. The largest absolute Gasteiger partial charge is 0.330 e. The van der Waals surface area contributed by atoms with Crippen LogP contribution in [0.3, 0.4) is 0 Å². The molecule has 0 radical (unpaired) electrons. The third-order valence-electron chi connectivity index (χ3n) is 4.60. The Bertz CT molecular complexity index is 949. The van der Waals surface area contributed by atoms with Gasteiger partial charge in [-0.25, -0.2) is 5.10 Å². The molecule has 3 aromatic rings. The van der Waals surface area contributed by atoms with Crippen LogP contribution in [0, 0.1) is 0 Å². The van der Waals surface area contributed by atoms with Crippen LogP contribution in [0.4, 0.5) is 0 Å². The lowest BCUT2D eigenvalue weighted by Gasteiger charge is -2.25. The maximum absolute atomic E-state index is 13.1. The first kappa shape index (κ1) is 14.6. The van der Waals surface area contributed by atoms with Gasteiger partial charge in [-0.05, 0) is 24.5 Å². The molecule has 1 N–H and O–H groups in total. The van der Waals surface area contributed by atoms with Crippen LogP contribution in [0.1, 0.15) is 34.9 Å². The van der Waals surface area contributed by atoms with E-state index in [0.717, 1.165) is 18.4 Å². The van der Waals surface area contributed by atoms with E-state index in [0.29, 0.717) is 23.0 Å². The number of aromatic amines is 1. The van der Waals surface area contributed by atoms with Gasteiger partial charge in [0.25, 0.3) is 11.5 Å². The van der Waals surface area contributed by atoms with Gasteiger partial charge in [0.15, 0.2) is 5.69 Å². The van der Waals surface area contributed by atoms with Crippen molar-refractivity contribution in [3.63, 3.8) is 0 Å². The van der Waals surface area contributed by atoms with E-state index in [1.807, 2.05) is 29.2 Å². The Morgan fingerprint density at radius 1 is 1.04 bits per heavy atom. The normalized spacial score (nSPS) is 17.3. The highest BCUT2D eigenvalue weighted by Crippen LogP contribution is 2.33. The molecule has 120 valence electrons. The molecule has 4 rings (SSSR count). The number of carbonyl (C=O) groups excluding carboxylic acids is 1. The lowest BCUT2D eigenvalue weighted by atomic mass is 10.0. The number of carbonyl (C=O) groups is 1. The molecule has 5 nitrogen and oxygen atoms in total. The third-order valence-corrected chi connectivity index (χ3v) is 4.60. The standard InChI is InChI=1S/C19H17N3O2/c23-18-15-10-5-4-9-14(15)17(20-21-18)19(24)22-12-6-11-16(22)13-7-2-1-3-8-13/h1-5,7-10,16H,6,11-12H2,(H,21,23). The first-order chi connectivity index (χ1) is 11.8. The van der Waals surface area contributed by atoms with Gasteiger partial charge in [-0.3, -0.25) is 9.59 Å². The molecule has 1 unspecified atom stereocenters. The average molecular weight is 319 g/mol. The van der Waals surface area contributed by atoms with E-state index in [9.17, 15) is 9.59 Å². The topological polar surface area (TPSA) is 66.1 Å². The van der Waals surface area contributed by atoms with Crippen LogP contribution < -0.4 is 5.56 Å². The number of H-pyrrole nitrogens is 1. The van der Waals surface area contributed by atoms with Gasteiger partial charge in [0.05, 0.1) is 11.4 Å². The second-order valence-corrected chi connectivity index (χ2v) is 6.01. The Morgan fingerprint density at radius 3 is 2.54 bits per heavy atom. The van der Waals surface area contributed by atoms with Crippen LogP contribution in [0.5, 0.6) is 0 Å². The Labute approximate surface area is 138 Å². The van der Waals surface area contributed by atoms with Crippen LogP contribution in [-0.4, -0.2) is 27.5 Å². The minimum Gasteiger partial charge on any atom is -0.330 e. The zero-order chi connectivity index (χ0) is 16.5. The number of nitrogens with zero attached hydrogens (tertiary/aromatic N) is 2. The van der Waals surface area contributed by atoms with E-state index in [1.54, 1.807) is 18.2 Å². The molecule has 2 heterocycles. The number of nitrogens with one attached hydrogen (secondary N) is 1. The number of amides is 1. The van der Waals surface area contributed by atoms with E-state index in [4.69, 9.17) is 0 Å². The second kappa shape index (κ2) is 5.92. The quantitative estimate of drug-likeness (QED) is 0.790. The van der Waals surface area contributed by atoms with Crippen molar-refractivity contribution >= 4 is 16.7 Å². The van der Waals surface area contributed by atoms with E-state index in [-0.39, 0.29) is 17.5 Å². The lowest BCUT2D eigenvalue weighted by molar-refractivity contribution is 0.0730. The molecule has 0 spiro atoms. The number of rotatable bonds is 2. The monoisotopic (exact) mass is 319 g/mol. The van der Waals surface area contributed by atoms with Crippen LogP contribution in [0.25, 0.3) is 10.8 Å². The van der Waals surface area contributed by atoms with E-state index >= 15 is 0 Å². The maximum Gasteiger partial charge on any atom is 0.275 e. The predicted octanol–water partition coefficient (Wildman–Crippen LogP) is 2.90. The van der Waals surface area contributed by atoms with Gasteiger partial charge in [-0.1, -0.05) is 48.5 Å². The highest BCUT2D eigenvalue weighted by molar-refractivity contribution is 6.04. The Morgan fingerprint density at radius 2 is 1.75 bits per heavy atom. The van der Waals surface area contributed by atoms with Crippen LogP contribution in [-0.2, 0) is 0 Å². The summed E-state index contributed by atoms with van der Waals surface area (Å²) >= 11 is 0. The van der Waals surface area contributed by atoms with E-state index in [2.05, 4.69) is 22.3 Å². The zero-order valence-corrected chi connectivity index (χ0v) is 13.1. The molecule has 0 aliphatic carbocycles. The fourth-order valence-corrected chi connectivity index (χ4v) is 3.45. The Hall–Kier alpha value is -2.95. The fraction of sp³-hybridized carbons (Fsp3) is 0.211. The maximum atomic E-state index is 13.1. The average Bonchev–Trinajstić information content (AvgIpc) is 3.12. The van der Waals surface area contributed by atoms with Gasteiger partial charge in [0, 0.05) is 11.9 Å². The first-order valence-corrected chi connectivity index (χ1v) is 8.09. The van der Waals surface area contributed by atoms with Crippen molar-refractivity contribution in [2.75, 3.05) is 6.54 Å². The summed E-state index contributed by atoms with van der Waals surface area (Å²) < 4.78 is 0. The molecule has 1 saturated heterocycles. The van der Waals surface area contributed by atoms with Gasteiger partial charge in [0.1, 0.15) is 0 Å². The summed E-state index contributed by atoms with van der Waals surface area (Å²) in [6.45, 7) is 0.702. The summed E-state index contributed by atoms with van der Waals surface area (Å²) in [6, 6.07) is 17.2. The molecule has 1 fully saturated rings. The van der Waals surface area contributed by atoms with Crippen molar-refractivity contribution in [3.8, 4) is 0 Å². The molecule has 1 atom stereocenters. The molecule has 1 aliphatic rings. The number of fused-ring (bicyclic) bond motifs is 1. The fourth-order valence-electron chi connectivity index (χ4n) is 3.45. The Kier molecular flexibility index (Phi) is 3.61. The smallest absolute Gasteiger partial charge is 0.275 e. The number of benzene rings is 2. The van der Waals surface area contributed by atoms with Gasteiger partial charge in [0.2, 0.25) is 0 Å². The molecule has 5 heteroatoms. The number of hydrogen-bond donors (Lipinski definition) is 1. The van der Waals surface area contributed by atoms with E-state index < -0.39 is 0 Å². The molecule has 1 aliphatic heterocycles. The number of aromatic nitrogens is 2. The van der Waals surface area contributed by atoms with Crippen LogP contribution in [0.15, 0.2) is 59.4 Å². The van der Waals surface area contributed by atoms with Crippen molar-refractivity contribution < 1.29 is 4.79 Å². The van der Waals surface area contributed by atoms with Crippen molar-refractivity contribution in [1.82, 2.24) is 15.1 Å². The van der Waals surface area contributed by atoms with E-state index in [1.165, 1.54) is 0 Å². The van der Waals surface area contributed by atoms with Gasteiger partial charge >= 0.3 is 0 Å².